The van der Waals surface area contributed by atoms with Crippen molar-refractivity contribution in [1.82, 2.24) is 9.80 Å². The van der Waals surface area contributed by atoms with E-state index in [1.807, 2.05) is 16.8 Å². The molecule has 1 N–H and O–H groups in total. The molecule has 19 heavy (non-hydrogen) atoms. The minimum Gasteiger partial charge on any atom is -0.505 e. The summed E-state index contributed by atoms with van der Waals surface area (Å²) in [5, 5.41) is 9.12. The van der Waals surface area contributed by atoms with Gasteiger partial charge < -0.3 is 10.0 Å². The quantitative estimate of drug-likeness (QED) is 0.900. The number of carbonyl (C=O) groups is 1. The lowest BCUT2D eigenvalue weighted by molar-refractivity contribution is -0.131. The third kappa shape index (κ3) is 3.67. The largest absolute Gasteiger partial charge is 0.505 e. The van der Waals surface area contributed by atoms with Gasteiger partial charge in [0.2, 0.25) is 5.91 Å². The molecule has 1 fully saturated rings. The summed E-state index contributed by atoms with van der Waals surface area (Å²) < 4.78 is 13.2. The lowest BCUT2D eigenvalue weighted by Crippen LogP contribution is -2.36. The Labute approximate surface area is 112 Å². The maximum absolute atomic E-state index is 13.2. The van der Waals surface area contributed by atoms with Crippen molar-refractivity contribution in [3.8, 4) is 5.75 Å². The van der Waals surface area contributed by atoms with E-state index in [-0.39, 0.29) is 11.7 Å². The summed E-state index contributed by atoms with van der Waals surface area (Å²) in [7, 11) is 1.83. The Balaban J connectivity index is 1.87. The zero-order valence-corrected chi connectivity index (χ0v) is 11.1. The standard InChI is InChI=1S/C14H19FN2O2/c1-16(10-14(19)17-6-2-3-7-17)9-11-4-5-13(18)12(15)8-11/h4-5,8,18H,2-3,6-7,9-10H2,1H3. The second-order valence-corrected chi connectivity index (χ2v) is 5.05. The van der Waals surface area contributed by atoms with E-state index in [1.165, 1.54) is 12.1 Å². The van der Waals surface area contributed by atoms with Gasteiger partial charge in [0.25, 0.3) is 0 Å². The van der Waals surface area contributed by atoms with Crippen molar-refractivity contribution in [2.24, 2.45) is 0 Å². The van der Waals surface area contributed by atoms with Gasteiger partial charge in [-0.2, -0.15) is 0 Å². The van der Waals surface area contributed by atoms with E-state index in [0.717, 1.165) is 31.5 Å². The van der Waals surface area contributed by atoms with Crippen LogP contribution in [0.25, 0.3) is 0 Å². The number of amides is 1. The van der Waals surface area contributed by atoms with Gasteiger partial charge in [0, 0.05) is 19.6 Å². The number of likely N-dealkylation sites (N-methyl/N-ethyl adjacent to an activating group) is 1. The molecular weight excluding hydrogens is 247 g/mol. The topological polar surface area (TPSA) is 43.8 Å². The summed E-state index contributed by atoms with van der Waals surface area (Å²) in [6, 6.07) is 4.29. The highest BCUT2D eigenvalue weighted by molar-refractivity contribution is 5.78. The average molecular weight is 266 g/mol. The van der Waals surface area contributed by atoms with Crippen molar-refractivity contribution < 1.29 is 14.3 Å². The molecule has 5 heteroatoms. The first kappa shape index (κ1) is 13.8. The smallest absolute Gasteiger partial charge is 0.236 e. The molecule has 0 bridgehead atoms. The van der Waals surface area contributed by atoms with Crippen LogP contribution in [0.1, 0.15) is 18.4 Å². The fraction of sp³-hybridized carbons (Fsp3) is 0.500. The van der Waals surface area contributed by atoms with E-state index in [4.69, 9.17) is 5.11 Å². The summed E-state index contributed by atoms with van der Waals surface area (Å²) in [6.07, 6.45) is 2.16. The number of phenols is 1. The van der Waals surface area contributed by atoms with Gasteiger partial charge >= 0.3 is 0 Å². The molecule has 4 nitrogen and oxygen atoms in total. The predicted molar refractivity (Wildman–Crippen MR) is 70.2 cm³/mol. The number of phenolic OH excluding ortho intramolecular Hbond substituents is 1. The molecule has 1 aliphatic rings. The van der Waals surface area contributed by atoms with E-state index in [0.29, 0.717) is 13.1 Å². The van der Waals surface area contributed by atoms with Crippen LogP contribution in [0.4, 0.5) is 4.39 Å². The van der Waals surface area contributed by atoms with Crippen LogP contribution in [-0.4, -0.2) is 47.5 Å². The molecule has 0 saturated carbocycles. The first-order valence-electron chi connectivity index (χ1n) is 6.50. The maximum atomic E-state index is 13.2. The second-order valence-electron chi connectivity index (χ2n) is 5.05. The SMILES string of the molecule is CN(CC(=O)N1CCCC1)Cc1ccc(O)c(F)c1. The molecule has 1 heterocycles. The Morgan fingerprint density at radius 3 is 2.74 bits per heavy atom. The van der Waals surface area contributed by atoms with Crippen molar-refractivity contribution in [1.29, 1.82) is 0 Å². The summed E-state index contributed by atoms with van der Waals surface area (Å²) in [5.74, 6) is -0.851. The second kappa shape index (κ2) is 6.02. The van der Waals surface area contributed by atoms with Crippen LogP contribution < -0.4 is 0 Å². The van der Waals surface area contributed by atoms with Crippen molar-refractivity contribution in [3.05, 3.63) is 29.6 Å². The van der Waals surface area contributed by atoms with Crippen molar-refractivity contribution in [2.45, 2.75) is 19.4 Å². The highest BCUT2D eigenvalue weighted by Gasteiger charge is 2.19. The van der Waals surface area contributed by atoms with Crippen LogP contribution >= 0.6 is 0 Å². The van der Waals surface area contributed by atoms with Crippen LogP contribution in [0.5, 0.6) is 5.75 Å². The molecule has 1 aromatic rings. The molecule has 0 spiro atoms. The third-order valence-corrected chi connectivity index (χ3v) is 3.33. The van der Waals surface area contributed by atoms with Gasteiger partial charge in [0.05, 0.1) is 6.54 Å². The number of hydrogen-bond acceptors (Lipinski definition) is 3. The number of halogens is 1. The Kier molecular flexibility index (Phi) is 4.37. The zero-order chi connectivity index (χ0) is 13.8. The van der Waals surface area contributed by atoms with Gasteiger partial charge in [-0.1, -0.05) is 6.07 Å². The molecule has 2 rings (SSSR count). The minimum atomic E-state index is -0.628. The zero-order valence-electron chi connectivity index (χ0n) is 11.1. The first-order chi connectivity index (χ1) is 9.06. The Morgan fingerprint density at radius 1 is 1.42 bits per heavy atom. The molecule has 1 aliphatic heterocycles. The van der Waals surface area contributed by atoms with Gasteiger partial charge in [0.15, 0.2) is 11.6 Å². The molecule has 1 amide bonds. The van der Waals surface area contributed by atoms with Gasteiger partial charge in [0.1, 0.15) is 0 Å². The number of carbonyl (C=O) groups excluding carboxylic acids is 1. The van der Waals surface area contributed by atoms with Crippen LogP contribution in [-0.2, 0) is 11.3 Å². The molecule has 0 aliphatic carbocycles. The summed E-state index contributed by atoms with van der Waals surface area (Å²) in [4.78, 5) is 15.7. The van der Waals surface area contributed by atoms with Crippen molar-refractivity contribution >= 4 is 5.91 Å². The number of aromatic hydroxyl groups is 1. The highest BCUT2D eigenvalue weighted by atomic mass is 19.1. The molecule has 0 unspecified atom stereocenters. The Hall–Kier alpha value is -1.62. The van der Waals surface area contributed by atoms with E-state index >= 15 is 0 Å². The van der Waals surface area contributed by atoms with Crippen LogP contribution in [0.15, 0.2) is 18.2 Å². The third-order valence-electron chi connectivity index (χ3n) is 3.33. The predicted octanol–water partition coefficient (Wildman–Crippen LogP) is 1.59. The summed E-state index contributed by atoms with van der Waals surface area (Å²) >= 11 is 0. The van der Waals surface area contributed by atoms with Gasteiger partial charge in [-0.05, 0) is 37.6 Å². The lowest BCUT2D eigenvalue weighted by atomic mass is 10.2. The van der Waals surface area contributed by atoms with E-state index in [1.54, 1.807) is 6.07 Å². The molecule has 104 valence electrons. The number of benzene rings is 1. The molecule has 0 aromatic heterocycles. The number of hydrogen-bond donors (Lipinski definition) is 1. The van der Waals surface area contributed by atoms with Gasteiger partial charge in [-0.3, -0.25) is 9.69 Å². The minimum absolute atomic E-state index is 0.124. The lowest BCUT2D eigenvalue weighted by Gasteiger charge is -2.21. The van der Waals surface area contributed by atoms with Gasteiger partial charge in [-0.25, -0.2) is 4.39 Å². The van der Waals surface area contributed by atoms with Crippen LogP contribution in [0, 0.1) is 5.82 Å². The number of nitrogens with zero attached hydrogens (tertiary/aromatic N) is 2. The van der Waals surface area contributed by atoms with E-state index < -0.39 is 5.82 Å². The first-order valence-corrected chi connectivity index (χ1v) is 6.50. The molecule has 0 radical (unpaired) electrons. The highest BCUT2D eigenvalue weighted by Crippen LogP contribution is 2.17. The van der Waals surface area contributed by atoms with Crippen LogP contribution in [0.2, 0.25) is 0 Å². The molecule has 1 saturated heterocycles. The van der Waals surface area contributed by atoms with Gasteiger partial charge in [-0.15, -0.1) is 0 Å². The maximum Gasteiger partial charge on any atom is 0.236 e. The molecular formula is C14H19FN2O2. The monoisotopic (exact) mass is 266 g/mol. The van der Waals surface area contributed by atoms with Crippen molar-refractivity contribution in [3.63, 3.8) is 0 Å². The Bertz CT molecular complexity index is 459. The Morgan fingerprint density at radius 2 is 2.11 bits per heavy atom. The summed E-state index contributed by atoms with van der Waals surface area (Å²) in [5.41, 5.74) is 0.743. The fourth-order valence-electron chi connectivity index (χ4n) is 2.31. The molecule has 1 aromatic carbocycles. The van der Waals surface area contributed by atoms with Crippen LogP contribution in [0.3, 0.4) is 0 Å². The van der Waals surface area contributed by atoms with E-state index in [9.17, 15) is 9.18 Å². The number of rotatable bonds is 4. The fourth-order valence-corrected chi connectivity index (χ4v) is 2.31. The van der Waals surface area contributed by atoms with Crippen molar-refractivity contribution in [2.75, 3.05) is 26.7 Å². The normalized spacial score (nSPS) is 15.2. The summed E-state index contributed by atoms with van der Waals surface area (Å²) in [6.45, 7) is 2.51. The number of likely N-dealkylation sites (tertiary alicyclic amines) is 1. The average Bonchev–Trinajstić information content (AvgIpc) is 2.87. The molecule has 0 atom stereocenters. The van der Waals surface area contributed by atoms with E-state index in [2.05, 4.69) is 0 Å².